The maximum atomic E-state index is 11.1. The Labute approximate surface area is 119 Å². The van der Waals surface area contributed by atoms with Gasteiger partial charge in [0, 0.05) is 43.6 Å². The minimum absolute atomic E-state index is 0.291. The van der Waals surface area contributed by atoms with Gasteiger partial charge in [-0.05, 0) is 32.1 Å². The number of carbonyl (C=O) groups is 1. The Bertz CT molecular complexity index is 438. The third kappa shape index (κ3) is 2.80. The van der Waals surface area contributed by atoms with Crippen LogP contribution in [0.1, 0.15) is 38.1 Å². The highest BCUT2D eigenvalue weighted by Crippen LogP contribution is 2.30. The summed E-state index contributed by atoms with van der Waals surface area (Å²) < 4.78 is 2.23. The summed E-state index contributed by atoms with van der Waals surface area (Å²) in [6, 6.07) is 1.25. The number of nitrogens with one attached hydrogen (secondary N) is 1. The first-order valence-corrected chi connectivity index (χ1v) is 7.52. The Morgan fingerprint density at radius 3 is 2.70 bits per heavy atom. The van der Waals surface area contributed by atoms with Gasteiger partial charge in [0.25, 0.3) is 0 Å². The molecule has 2 amide bonds. The molecule has 1 saturated carbocycles. The van der Waals surface area contributed by atoms with Gasteiger partial charge in [0.2, 0.25) is 0 Å². The second kappa shape index (κ2) is 5.83. The van der Waals surface area contributed by atoms with Gasteiger partial charge in [-0.3, -0.25) is 0 Å². The molecule has 0 unspecified atom stereocenters. The van der Waals surface area contributed by atoms with E-state index in [2.05, 4.69) is 21.1 Å². The average Bonchev–Trinajstić information content (AvgIpc) is 3.09. The number of piperidine rings is 1. The van der Waals surface area contributed by atoms with Crippen LogP contribution >= 0.6 is 0 Å². The van der Waals surface area contributed by atoms with Crippen LogP contribution in [0.15, 0.2) is 18.7 Å². The fraction of sp³-hybridized carbons (Fsp3) is 0.714. The highest BCUT2D eigenvalue weighted by Gasteiger charge is 2.31. The van der Waals surface area contributed by atoms with Gasteiger partial charge in [0.15, 0.2) is 0 Å². The first-order valence-electron chi connectivity index (χ1n) is 7.52. The summed E-state index contributed by atoms with van der Waals surface area (Å²) in [5.74, 6) is 0. The molecular weight excluding hydrogens is 254 g/mol. The van der Waals surface area contributed by atoms with E-state index in [1.165, 1.54) is 19.3 Å². The molecule has 1 aromatic rings. The number of primary amides is 1. The van der Waals surface area contributed by atoms with E-state index in [4.69, 9.17) is 5.73 Å². The van der Waals surface area contributed by atoms with Crippen LogP contribution in [-0.2, 0) is 0 Å². The van der Waals surface area contributed by atoms with E-state index < -0.39 is 0 Å². The smallest absolute Gasteiger partial charge is 0.314 e. The Morgan fingerprint density at radius 1 is 1.25 bits per heavy atom. The number of amides is 2. The zero-order valence-corrected chi connectivity index (χ0v) is 11.7. The molecule has 2 aliphatic rings. The van der Waals surface area contributed by atoms with Crippen LogP contribution in [0.25, 0.3) is 0 Å². The van der Waals surface area contributed by atoms with Crippen LogP contribution in [-0.4, -0.2) is 45.7 Å². The van der Waals surface area contributed by atoms with E-state index in [1.807, 2.05) is 12.5 Å². The number of likely N-dealkylation sites (tertiary alicyclic amines) is 1. The van der Waals surface area contributed by atoms with Crippen molar-refractivity contribution >= 4 is 6.03 Å². The summed E-state index contributed by atoms with van der Waals surface area (Å²) in [5, 5.41) is 3.79. The highest BCUT2D eigenvalue weighted by molar-refractivity contribution is 5.72. The lowest BCUT2D eigenvalue weighted by Crippen LogP contribution is -2.49. The van der Waals surface area contributed by atoms with Gasteiger partial charge >= 0.3 is 6.03 Å². The van der Waals surface area contributed by atoms with Crippen LogP contribution in [0, 0.1) is 0 Å². The molecule has 6 nitrogen and oxygen atoms in total. The quantitative estimate of drug-likeness (QED) is 0.869. The molecule has 3 N–H and O–H groups in total. The average molecular weight is 277 g/mol. The monoisotopic (exact) mass is 277 g/mol. The summed E-state index contributed by atoms with van der Waals surface area (Å²) in [7, 11) is 0. The first-order chi connectivity index (χ1) is 9.74. The SMILES string of the molecule is NC(=O)N1CCC(N[C@@H]2CCC[C@H]2n2ccnc2)CC1. The fourth-order valence-corrected chi connectivity index (χ4v) is 3.53. The predicted molar refractivity (Wildman–Crippen MR) is 76.2 cm³/mol. The van der Waals surface area contributed by atoms with Crippen molar-refractivity contribution in [3.05, 3.63) is 18.7 Å². The van der Waals surface area contributed by atoms with Crippen LogP contribution < -0.4 is 11.1 Å². The molecule has 1 aromatic heterocycles. The maximum absolute atomic E-state index is 11.1. The number of aromatic nitrogens is 2. The maximum Gasteiger partial charge on any atom is 0.314 e. The molecule has 3 rings (SSSR count). The summed E-state index contributed by atoms with van der Waals surface area (Å²) in [4.78, 5) is 17.0. The number of nitrogens with two attached hydrogens (primary N) is 1. The number of urea groups is 1. The number of carbonyl (C=O) groups excluding carboxylic acids is 1. The minimum Gasteiger partial charge on any atom is -0.351 e. The minimum atomic E-state index is -0.291. The molecule has 1 aliphatic heterocycles. The van der Waals surface area contributed by atoms with E-state index >= 15 is 0 Å². The van der Waals surface area contributed by atoms with Crippen molar-refractivity contribution in [1.82, 2.24) is 19.8 Å². The largest absolute Gasteiger partial charge is 0.351 e. The van der Waals surface area contributed by atoms with Gasteiger partial charge in [0.05, 0.1) is 6.33 Å². The topological polar surface area (TPSA) is 76.2 Å². The Balaban J connectivity index is 1.54. The molecule has 0 radical (unpaired) electrons. The van der Waals surface area contributed by atoms with Gasteiger partial charge in [-0.15, -0.1) is 0 Å². The van der Waals surface area contributed by atoms with Gasteiger partial charge in [-0.1, -0.05) is 0 Å². The van der Waals surface area contributed by atoms with Crippen molar-refractivity contribution < 1.29 is 4.79 Å². The summed E-state index contributed by atoms with van der Waals surface area (Å²) in [6.45, 7) is 1.55. The van der Waals surface area contributed by atoms with Crippen LogP contribution in [0.3, 0.4) is 0 Å². The first kappa shape index (κ1) is 13.4. The summed E-state index contributed by atoms with van der Waals surface area (Å²) >= 11 is 0. The van der Waals surface area contributed by atoms with Crippen LogP contribution in [0.4, 0.5) is 4.79 Å². The van der Waals surface area contributed by atoms with E-state index in [0.717, 1.165) is 25.9 Å². The lowest BCUT2D eigenvalue weighted by molar-refractivity contribution is 0.180. The van der Waals surface area contributed by atoms with Crippen LogP contribution in [0.5, 0.6) is 0 Å². The number of nitrogens with zero attached hydrogens (tertiary/aromatic N) is 3. The van der Waals surface area contributed by atoms with Gasteiger partial charge in [-0.2, -0.15) is 0 Å². The van der Waals surface area contributed by atoms with E-state index in [-0.39, 0.29) is 6.03 Å². The second-order valence-corrected chi connectivity index (χ2v) is 5.88. The van der Waals surface area contributed by atoms with Gasteiger partial charge in [0.1, 0.15) is 0 Å². The molecule has 6 heteroatoms. The molecule has 2 heterocycles. The lowest BCUT2D eigenvalue weighted by atomic mass is 10.0. The van der Waals surface area contributed by atoms with E-state index in [1.54, 1.807) is 4.90 Å². The zero-order chi connectivity index (χ0) is 13.9. The third-order valence-corrected chi connectivity index (χ3v) is 4.64. The highest BCUT2D eigenvalue weighted by atomic mass is 16.2. The molecule has 0 bridgehead atoms. The number of hydrogen-bond donors (Lipinski definition) is 2. The van der Waals surface area contributed by atoms with Crippen molar-refractivity contribution in [2.24, 2.45) is 5.73 Å². The third-order valence-electron chi connectivity index (χ3n) is 4.64. The molecule has 1 saturated heterocycles. The molecule has 0 aromatic carbocycles. The second-order valence-electron chi connectivity index (χ2n) is 5.88. The molecule has 1 aliphatic carbocycles. The fourth-order valence-electron chi connectivity index (χ4n) is 3.53. The zero-order valence-electron chi connectivity index (χ0n) is 11.7. The molecule has 110 valence electrons. The van der Waals surface area contributed by atoms with Crippen molar-refractivity contribution in [1.29, 1.82) is 0 Å². The Hall–Kier alpha value is -1.56. The van der Waals surface area contributed by atoms with Crippen LogP contribution in [0.2, 0.25) is 0 Å². The summed E-state index contributed by atoms with van der Waals surface area (Å²) in [6.07, 6.45) is 11.5. The molecule has 0 spiro atoms. The van der Waals surface area contributed by atoms with Gasteiger partial charge < -0.3 is 20.5 Å². The molecule has 20 heavy (non-hydrogen) atoms. The van der Waals surface area contributed by atoms with Crippen molar-refractivity contribution in [2.45, 2.75) is 50.2 Å². The normalized spacial score (nSPS) is 27.9. The summed E-state index contributed by atoms with van der Waals surface area (Å²) in [5.41, 5.74) is 5.32. The number of imidazole rings is 1. The van der Waals surface area contributed by atoms with Crippen molar-refractivity contribution in [3.8, 4) is 0 Å². The van der Waals surface area contributed by atoms with Crippen molar-refractivity contribution in [3.63, 3.8) is 0 Å². The lowest BCUT2D eigenvalue weighted by Gasteiger charge is -2.34. The van der Waals surface area contributed by atoms with E-state index in [9.17, 15) is 4.79 Å². The predicted octanol–water partition coefficient (Wildman–Crippen LogP) is 1.11. The Kier molecular flexibility index (Phi) is 3.91. The number of hydrogen-bond acceptors (Lipinski definition) is 3. The number of rotatable bonds is 3. The van der Waals surface area contributed by atoms with Gasteiger partial charge in [-0.25, -0.2) is 9.78 Å². The molecule has 2 fully saturated rings. The molecular formula is C14H23N5O. The Morgan fingerprint density at radius 2 is 2.05 bits per heavy atom. The molecule has 2 atom stereocenters. The van der Waals surface area contributed by atoms with E-state index in [0.29, 0.717) is 18.1 Å². The standard InChI is InChI=1S/C14H23N5O/c15-14(20)18-7-4-11(5-8-18)17-12-2-1-3-13(12)19-9-6-16-10-19/h6,9-13,17H,1-5,7-8H2,(H2,15,20)/t12-,13-/m1/s1. The van der Waals surface area contributed by atoms with Crippen molar-refractivity contribution in [2.75, 3.05) is 13.1 Å².